The standard InChI is InChI=1S/C20H18F4NO4P.C9H15NO2/c1-9(26)11-5-3-6-12(14(11)10(2)27)25-8-4-7-13(28)29-19-17(23)15(21)16(22)18(24)20(19)30;1-3-6(2)7-4-5-8(11)10-9(7)12/h3,5-6,25H,4,7-8,30H2,1-2H3;6-7H,3-5H2,1-2H3,(H,10,11,12). The number of benzene rings is 2. The number of amides is 2. The van der Waals surface area contributed by atoms with Gasteiger partial charge in [-0.3, -0.25) is 29.3 Å². The maximum atomic E-state index is 13.8. The minimum Gasteiger partial charge on any atom is -0.422 e. The summed E-state index contributed by atoms with van der Waals surface area (Å²) in [5.41, 5.74) is 0.889. The Labute approximate surface area is 243 Å². The van der Waals surface area contributed by atoms with E-state index in [-0.39, 0.29) is 59.8 Å². The van der Waals surface area contributed by atoms with Gasteiger partial charge in [-0.2, -0.15) is 4.39 Å². The van der Waals surface area contributed by atoms with Crippen molar-refractivity contribution in [3.05, 3.63) is 52.6 Å². The molecule has 1 saturated heterocycles. The summed E-state index contributed by atoms with van der Waals surface area (Å²) in [4.78, 5) is 57.5. The van der Waals surface area contributed by atoms with Crippen molar-refractivity contribution in [2.45, 2.75) is 59.8 Å². The van der Waals surface area contributed by atoms with Crippen molar-refractivity contribution in [3.63, 3.8) is 0 Å². The van der Waals surface area contributed by atoms with E-state index in [1.165, 1.54) is 19.9 Å². The van der Waals surface area contributed by atoms with E-state index in [1.807, 2.05) is 0 Å². The molecular weight excluding hydrogens is 579 g/mol. The zero-order valence-electron chi connectivity index (χ0n) is 23.7. The highest BCUT2D eigenvalue weighted by molar-refractivity contribution is 7.27. The average Bonchev–Trinajstić information content (AvgIpc) is 2.95. The number of piperidine rings is 1. The molecule has 2 amide bonds. The van der Waals surface area contributed by atoms with Crippen molar-refractivity contribution < 1.29 is 46.3 Å². The number of ether oxygens (including phenoxy) is 1. The molecule has 1 fully saturated rings. The lowest BCUT2D eigenvalue weighted by atomic mass is 9.85. The molecule has 2 aromatic carbocycles. The van der Waals surface area contributed by atoms with Crippen LogP contribution in [0.1, 0.15) is 80.5 Å². The first kappa shape index (κ1) is 34.5. The number of nitrogens with one attached hydrogen (secondary N) is 2. The van der Waals surface area contributed by atoms with Gasteiger partial charge < -0.3 is 10.1 Å². The zero-order chi connectivity index (χ0) is 31.7. The van der Waals surface area contributed by atoms with Crippen LogP contribution in [-0.2, 0) is 14.4 Å². The van der Waals surface area contributed by atoms with E-state index >= 15 is 0 Å². The monoisotopic (exact) mass is 612 g/mol. The number of hydrogen-bond acceptors (Lipinski definition) is 7. The molecule has 0 saturated carbocycles. The Hall–Kier alpha value is -3.66. The van der Waals surface area contributed by atoms with Crippen molar-refractivity contribution in [1.29, 1.82) is 0 Å². The number of imide groups is 1. The van der Waals surface area contributed by atoms with Gasteiger partial charge in [-0.1, -0.05) is 41.6 Å². The first-order valence-corrected chi connectivity index (χ1v) is 13.8. The first-order valence-electron chi connectivity index (χ1n) is 13.3. The van der Waals surface area contributed by atoms with E-state index in [4.69, 9.17) is 0 Å². The van der Waals surface area contributed by atoms with Crippen molar-refractivity contribution in [1.82, 2.24) is 5.32 Å². The third kappa shape index (κ3) is 8.67. The van der Waals surface area contributed by atoms with E-state index in [0.29, 0.717) is 18.0 Å². The number of carbonyl (C=O) groups excluding carboxylic acids is 5. The zero-order valence-corrected chi connectivity index (χ0v) is 24.8. The molecule has 2 aromatic rings. The molecule has 8 nitrogen and oxygen atoms in total. The summed E-state index contributed by atoms with van der Waals surface area (Å²) in [6, 6.07) is 4.72. The summed E-state index contributed by atoms with van der Waals surface area (Å²) in [5, 5.41) is 4.55. The quantitative estimate of drug-likeness (QED) is 0.0445. The third-order valence-electron chi connectivity index (χ3n) is 6.76. The average molecular weight is 613 g/mol. The van der Waals surface area contributed by atoms with Crippen LogP contribution in [0.3, 0.4) is 0 Å². The van der Waals surface area contributed by atoms with Crippen molar-refractivity contribution in [3.8, 4) is 5.75 Å². The van der Waals surface area contributed by atoms with Crippen LogP contribution in [0, 0.1) is 35.1 Å². The van der Waals surface area contributed by atoms with Crippen molar-refractivity contribution >= 4 is 49.6 Å². The molecule has 0 spiro atoms. The molecular formula is C29H33F4N2O6P. The molecule has 3 rings (SSSR count). The summed E-state index contributed by atoms with van der Waals surface area (Å²) in [6.07, 6.45) is 2.10. The fourth-order valence-corrected chi connectivity index (χ4v) is 4.57. The van der Waals surface area contributed by atoms with Crippen molar-refractivity contribution in [2.24, 2.45) is 11.8 Å². The number of carbonyl (C=O) groups is 5. The van der Waals surface area contributed by atoms with Crippen LogP contribution in [-0.4, -0.2) is 35.9 Å². The Balaban J connectivity index is 0.000000428. The number of Topliss-reactive ketones (excluding diaryl/α,β-unsaturated/α-hetero) is 2. The van der Waals surface area contributed by atoms with Crippen LogP contribution in [0.4, 0.5) is 23.2 Å². The van der Waals surface area contributed by atoms with Gasteiger partial charge >= 0.3 is 5.97 Å². The number of halogens is 4. The molecule has 0 bridgehead atoms. The number of hydrogen-bond donors (Lipinski definition) is 2. The normalized spacial score (nSPS) is 15.2. The van der Waals surface area contributed by atoms with Gasteiger partial charge in [-0.25, -0.2) is 13.2 Å². The van der Waals surface area contributed by atoms with Gasteiger partial charge in [0.1, 0.15) is 0 Å². The first-order chi connectivity index (χ1) is 19.7. The molecule has 13 heteroatoms. The molecule has 0 aromatic heterocycles. The van der Waals surface area contributed by atoms with Gasteiger partial charge in [0.05, 0.1) is 10.9 Å². The lowest BCUT2D eigenvalue weighted by molar-refractivity contribution is -0.138. The second-order valence-corrected chi connectivity index (χ2v) is 10.4. The Morgan fingerprint density at radius 2 is 1.69 bits per heavy atom. The highest BCUT2D eigenvalue weighted by Crippen LogP contribution is 2.26. The third-order valence-corrected chi connectivity index (χ3v) is 7.27. The fourth-order valence-electron chi connectivity index (χ4n) is 4.26. The van der Waals surface area contributed by atoms with Crippen molar-refractivity contribution in [2.75, 3.05) is 11.9 Å². The van der Waals surface area contributed by atoms with Gasteiger partial charge in [-0.05, 0) is 38.7 Å². The predicted molar refractivity (Wildman–Crippen MR) is 151 cm³/mol. The maximum absolute atomic E-state index is 13.8. The predicted octanol–water partition coefficient (Wildman–Crippen LogP) is 5.03. The van der Waals surface area contributed by atoms with Crippen LogP contribution in [0.15, 0.2) is 18.2 Å². The van der Waals surface area contributed by atoms with E-state index in [2.05, 4.69) is 29.2 Å². The van der Waals surface area contributed by atoms with E-state index in [0.717, 1.165) is 12.8 Å². The van der Waals surface area contributed by atoms with Crippen LogP contribution in [0.2, 0.25) is 0 Å². The van der Waals surface area contributed by atoms with Gasteiger partial charge in [0.2, 0.25) is 23.4 Å². The summed E-state index contributed by atoms with van der Waals surface area (Å²) in [5.74, 6) is -9.96. The molecule has 0 aliphatic carbocycles. The van der Waals surface area contributed by atoms with Crippen LogP contribution in [0.25, 0.3) is 0 Å². The SMILES string of the molecule is CC(=O)c1cccc(NCCCC(=O)Oc2c(F)c(F)c(F)c(F)c2P)c1C(C)=O.CCC(C)C1CCC(=O)NC1=O. The van der Waals surface area contributed by atoms with E-state index in [9.17, 15) is 41.5 Å². The number of anilines is 1. The molecule has 1 aliphatic rings. The molecule has 3 atom stereocenters. The highest BCUT2D eigenvalue weighted by atomic mass is 31.0. The molecule has 1 aliphatic heterocycles. The minimum absolute atomic E-state index is 0.0488. The second-order valence-electron chi connectivity index (χ2n) is 9.79. The smallest absolute Gasteiger partial charge is 0.311 e. The molecule has 0 radical (unpaired) electrons. The van der Waals surface area contributed by atoms with Gasteiger partial charge in [-0.15, -0.1) is 0 Å². The van der Waals surface area contributed by atoms with Gasteiger partial charge in [0, 0.05) is 36.6 Å². The summed E-state index contributed by atoms with van der Waals surface area (Å²) in [6.45, 7) is 6.95. The van der Waals surface area contributed by atoms with E-state index < -0.39 is 40.3 Å². The topological polar surface area (TPSA) is 119 Å². The Kier molecular flexibility index (Phi) is 12.8. The molecule has 1 heterocycles. The van der Waals surface area contributed by atoms with Gasteiger partial charge in [0.15, 0.2) is 29.0 Å². The summed E-state index contributed by atoms with van der Waals surface area (Å²) < 4.78 is 58.4. The highest BCUT2D eigenvalue weighted by Gasteiger charge is 2.30. The number of ketones is 2. The number of rotatable bonds is 10. The summed E-state index contributed by atoms with van der Waals surface area (Å²) >= 11 is 0. The Morgan fingerprint density at radius 1 is 1.05 bits per heavy atom. The minimum atomic E-state index is -2.08. The fraction of sp³-hybridized carbons (Fsp3) is 0.414. The molecule has 228 valence electrons. The molecule has 3 unspecified atom stereocenters. The van der Waals surface area contributed by atoms with Crippen LogP contribution < -0.4 is 20.7 Å². The Bertz CT molecular complexity index is 1360. The van der Waals surface area contributed by atoms with E-state index in [1.54, 1.807) is 21.4 Å². The molecule has 2 N–H and O–H groups in total. The Morgan fingerprint density at radius 3 is 2.26 bits per heavy atom. The molecule has 42 heavy (non-hydrogen) atoms. The lowest BCUT2D eigenvalue weighted by Gasteiger charge is -2.25. The number of esters is 1. The van der Waals surface area contributed by atoms with Crippen LogP contribution >= 0.6 is 9.24 Å². The van der Waals surface area contributed by atoms with Gasteiger partial charge in [0.25, 0.3) is 0 Å². The maximum Gasteiger partial charge on any atom is 0.311 e. The second kappa shape index (κ2) is 15.5. The van der Waals surface area contributed by atoms with Crippen LogP contribution in [0.5, 0.6) is 5.75 Å². The summed E-state index contributed by atoms with van der Waals surface area (Å²) in [7, 11) is 1.65. The largest absolute Gasteiger partial charge is 0.422 e. The lowest BCUT2D eigenvalue weighted by Crippen LogP contribution is -2.42.